The first-order valence-electron chi connectivity index (χ1n) is 9.35. The fourth-order valence-corrected chi connectivity index (χ4v) is 3.50. The van der Waals surface area contributed by atoms with Gasteiger partial charge in [-0.25, -0.2) is 0 Å². The minimum Gasteiger partial charge on any atom is -0.349 e. The van der Waals surface area contributed by atoms with Crippen molar-refractivity contribution in [3.63, 3.8) is 0 Å². The molecule has 4 rings (SSSR count). The SMILES string of the molecule is C=CCn1cc(C(=O)N2CCN(C)CC2)c2nn(-c3ccccc3)c(=O)c-2c1. The van der Waals surface area contributed by atoms with Crippen LogP contribution in [0.15, 0.2) is 60.2 Å². The lowest BCUT2D eigenvalue weighted by Crippen LogP contribution is -2.47. The summed E-state index contributed by atoms with van der Waals surface area (Å²) >= 11 is 0. The lowest BCUT2D eigenvalue weighted by Gasteiger charge is -2.32. The van der Waals surface area contributed by atoms with E-state index in [0.717, 1.165) is 13.1 Å². The minimum absolute atomic E-state index is 0.0887. The van der Waals surface area contributed by atoms with Crippen molar-refractivity contribution in [1.29, 1.82) is 0 Å². The number of allylic oxidation sites excluding steroid dienone is 1. The molecule has 3 aliphatic heterocycles. The first-order chi connectivity index (χ1) is 13.6. The van der Waals surface area contributed by atoms with Gasteiger partial charge in [0.15, 0.2) is 0 Å². The van der Waals surface area contributed by atoms with Crippen LogP contribution in [0.4, 0.5) is 0 Å². The molecule has 3 aliphatic rings. The van der Waals surface area contributed by atoms with Crippen LogP contribution in [0.25, 0.3) is 16.9 Å². The van der Waals surface area contributed by atoms with Crippen LogP contribution in [-0.2, 0) is 6.54 Å². The third-order valence-electron chi connectivity index (χ3n) is 5.08. The van der Waals surface area contributed by atoms with E-state index >= 15 is 0 Å². The molecule has 0 atom stereocenters. The Hall–Kier alpha value is -3.19. The molecule has 7 nitrogen and oxygen atoms in total. The van der Waals surface area contributed by atoms with Gasteiger partial charge in [0.05, 0.1) is 16.8 Å². The molecule has 0 aromatic heterocycles. The quantitative estimate of drug-likeness (QED) is 0.650. The molecule has 1 amide bonds. The smallest absolute Gasteiger partial charge is 0.282 e. The van der Waals surface area contributed by atoms with Crippen LogP contribution < -0.4 is 5.56 Å². The number of hydrogen-bond donors (Lipinski definition) is 0. The lowest BCUT2D eigenvalue weighted by molar-refractivity contribution is 0.0663. The second kappa shape index (κ2) is 7.44. The summed E-state index contributed by atoms with van der Waals surface area (Å²) < 4.78 is 3.18. The summed E-state index contributed by atoms with van der Waals surface area (Å²) in [5.41, 5.74) is 1.78. The molecule has 0 N–H and O–H groups in total. The van der Waals surface area contributed by atoms with E-state index in [-0.39, 0.29) is 11.5 Å². The van der Waals surface area contributed by atoms with Crippen molar-refractivity contribution < 1.29 is 4.79 Å². The van der Waals surface area contributed by atoms with Crippen molar-refractivity contribution in [3.05, 3.63) is 71.3 Å². The van der Waals surface area contributed by atoms with Gasteiger partial charge in [0, 0.05) is 45.1 Å². The molecule has 0 unspecified atom stereocenters. The molecule has 7 heteroatoms. The Balaban J connectivity index is 1.83. The average molecular weight is 377 g/mol. The number of benzene rings is 1. The summed E-state index contributed by atoms with van der Waals surface area (Å²) in [6, 6.07) is 9.25. The molecule has 1 fully saturated rings. The Morgan fingerprint density at radius 2 is 1.86 bits per heavy atom. The molecule has 1 aromatic carbocycles. The third kappa shape index (κ3) is 3.25. The summed E-state index contributed by atoms with van der Waals surface area (Å²) in [4.78, 5) is 30.3. The van der Waals surface area contributed by atoms with E-state index < -0.39 is 0 Å². The third-order valence-corrected chi connectivity index (χ3v) is 5.08. The summed E-state index contributed by atoms with van der Waals surface area (Å²) in [5.74, 6) is -0.0887. The molecule has 0 aliphatic carbocycles. The molecule has 144 valence electrons. The predicted molar refractivity (Wildman–Crippen MR) is 108 cm³/mol. The number of likely N-dealkylation sites (N-methyl/N-ethyl adjacent to an activating group) is 1. The number of pyridine rings is 1. The first-order valence-corrected chi connectivity index (χ1v) is 9.35. The van der Waals surface area contributed by atoms with E-state index in [9.17, 15) is 9.59 Å². The largest absolute Gasteiger partial charge is 0.349 e. The van der Waals surface area contributed by atoms with E-state index in [1.165, 1.54) is 4.68 Å². The van der Waals surface area contributed by atoms with Crippen LogP contribution >= 0.6 is 0 Å². The molecular formula is C21H23N5O2. The summed E-state index contributed by atoms with van der Waals surface area (Å²) in [6.07, 6.45) is 5.25. The molecule has 1 saturated heterocycles. The van der Waals surface area contributed by atoms with Crippen LogP contribution in [0.1, 0.15) is 10.4 Å². The van der Waals surface area contributed by atoms with Crippen LogP contribution in [0.2, 0.25) is 0 Å². The highest BCUT2D eigenvalue weighted by molar-refractivity contribution is 6.00. The second-order valence-corrected chi connectivity index (χ2v) is 7.07. The normalized spacial score (nSPS) is 15.1. The van der Waals surface area contributed by atoms with Gasteiger partial charge < -0.3 is 14.4 Å². The zero-order chi connectivity index (χ0) is 19.7. The van der Waals surface area contributed by atoms with Crippen molar-refractivity contribution in [2.24, 2.45) is 0 Å². The van der Waals surface area contributed by atoms with Crippen molar-refractivity contribution in [2.45, 2.75) is 6.54 Å². The lowest BCUT2D eigenvalue weighted by atomic mass is 10.1. The van der Waals surface area contributed by atoms with Gasteiger partial charge in [0.25, 0.3) is 11.5 Å². The topological polar surface area (TPSA) is 63.4 Å². The maximum atomic E-state index is 13.3. The minimum atomic E-state index is -0.230. The Kier molecular flexibility index (Phi) is 4.83. The van der Waals surface area contributed by atoms with Gasteiger partial charge in [0.2, 0.25) is 0 Å². The molecule has 0 radical (unpaired) electrons. The van der Waals surface area contributed by atoms with Crippen molar-refractivity contribution in [3.8, 4) is 16.9 Å². The van der Waals surface area contributed by atoms with E-state index in [1.807, 2.05) is 46.8 Å². The van der Waals surface area contributed by atoms with Crippen molar-refractivity contribution in [1.82, 2.24) is 24.1 Å². The predicted octanol–water partition coefficient (Wildman–Crippen LogP) is 1.71. The van der Waals surface area contributed by atoms with Gasteiger partial charge in [-0.1, -0.05) is 24.3 Å². The number of para-hydroxylation sites is 1. The molecule has 0 saturated carbocycles. The summed E-state index contributed by atoms with van der Waals surface area (Å²) in [5, 5.41) is 4.52. The number of fused-ring (bicyclic) bond motifs is 1. The van der Waals surface area contributed by atoms with Gasteiger partial charge >= 0.3 is 0 Å². The van der Waals surface area contributed by atoms with E-state index in [0.29, 0.717) is 42.1 Å². The second-order valence-electron chi connectivity index (χ2n) is 7.07. The Morgan fingerprint density at radius 3 is 2.54 bits per heavy atom. The number of nitrogens with zero attached hydrogens (tertiary/aromatic N) is 5. The Morgan fingerprint density at radius 1 is 1.14 bits per heavy atom. The average Bonchev–Trinajstić information content (AvgIpc) is 3.05. The van der Waals surface area contributed by atoms with Crippen LogP contribution in [-0.4, -0.2) is 63.3 Å². The van der Waals surface area contributed by atoms with Crippen molar-refractivity contribution in [2.75, 3.05) is 33.2 Å². The fourth-order valence-electron chi connectivity index (χ4n) is 3.50. The van der Waals surface area contributed by atoms with Gasteiger partial charge in [-0.15, -0.1) is 6.58 Å². The van der Waals surface area contributed by atoms with Crippen LogP contribution in [0.5, 0.6) is 0 Å². The molecule has 0 bridgehead atoms. The maximum Gasteiger partial charge on any atom is 0.282 e. The molecule has 28 heavy (non-hydrogen) atoms. The highest BCUT2D eigenvalue weighted by Gasteiger charge is 2.28. The number of carbonyl (C=O) groups is 1. The Bertz CT molecular complexity index is 1030. The Labute approximate surface area is 163 Å². The van der Waals surface area contributed by atoms with Crippen LogP contribution in [0, 0.1) is 0 Å². The zero-order valence-corrected chi connectivity index (χ0v) is 15.9. The van der Waals surface area contributed by atoms with E-state index in [4.69, 9.17) is 0 Å². The standard InChI is InChI=1S/C21H23N5O2/c1-3-9-24-14-17(20(27)25-12-10-23(2)11-13-25)19-18(15-24)21(28)26(22-19)16-7-5-4-6-8-16/h3-8,14-15H,1,9-13H2,2H3. The highest BCUT2D eigenvalue weighted by atomic mass is 16.2. The number of hydrogen-bond acceptors (Lipinski definition) is 4. The molecule has 3 heterocycles. The first kappa shape index (κ1) is 18.2. The van der Waals surface area contributed by atoms with Gasteiger partial charge in [-0.2, -0.15) is 9.78 Å². The fraction of sp³-hybridized carbons (Fsp3) is 0.286. The van der Waals surface area contributed by atoms with Gasteiger partial charge in [0.1, 0.15) is 5.69 Å². The summed E-state index contributed by atoms with van der Waals surface area (Å²) in [6.45, 7) is 7.27. The number of rotatable bonds is 4. The molecule has 1 aromatic rings. The number of aromatic nitrogens is 3. The number of carbonyl (C=O) groups excluding carboxylic acids is 1. The van der Waals surface area contributed by atoms with Gasteiger partial charge in [-0.3, -0.25) is 9.59 Å². The van der Waals surface area contributed by atoms with Gasteiger partial charge in [-0.05, 0) is 19.2 Å². The molecule has 0 spiro atoms. The zero-order valence-electron chi connectivity index (χ0n) is 15.9. The summed E-state index contributed by atoms with van der Waals surface area (Å²) in [7, 11) is 2.05. The number of piperazine rings is 1. The maximum absolute atomic E-state index is 13.3. The highest BCUT2D eigenvalue weighted by Crippen LogP contribution is 2.24. The number of amides is 1. The van der Waals surface area contributed by atoms with Crippen LogP contribution in [0.3, 0.4) is 0 Å². The van der Waals surface area contributed by atoms with Crippen molar-refractivity contribution >= 4 is 5.91 Å². The van der Waals surface area contributed by atoms with E-state index in [1.54, 1.807) is 18.5 Å². The molecular weight excluding hydrogens is 354 g/mol. The van der Waals surface area contributed by atoms with E-state index in [2.05, 4.69) is 16.6 Å². The monoisotopic (exact) mass is 377 g/mol.